The summed E-state index contributed by atoms with van der Waals surface area (Å²) in [6.07, 6.45) is 0.115. The molecular formula is C18H27NO6. The number of esters is 1. The van der Waals surface area contributed by atoms with Crippen LogP contribution in [0.2, 0.25) is 0 Å². The van der Waals surface area contributed by atoms with Crippen molar-refractivity contribution in [1.82, 2.24) is 4.90 Å². The molecule has 25 heavy (non-hydrogen) atoms. The van der Waals surface area contributed by atoms with Crippen LogP contribution >= 0.6 is 0 Å². The number of aryl methyl sites for hydroxylation is 1. The summed E-state index contributed by atoms with van der Waals surface area (Å²) in [5, 5.41) is 8.72. The first-order valence-electron chi connectivity index (χ1n) is 8.38. The molecule has 0 radical (unpaired) electrons. The number of carbonyl (C=O) groups excluding carboxylic acids is 2. The summed E-state index contributed by atoms with van der Waals surface area (Å²) < 4.78 is 15.6. The van der Waals surface area contributed by atoms with Crippen molar-refractivity contribution in [2.24, 2.45) is 0 Å². The molecule has 1 amide bonds. The number of rotatable bonds is 12. The van der Waals surface area contributed by atoms with Gasteiger partial charge in [0.05, 0.1) is 32.8 Å². The summed E-state index contributed by atoms with van der Waals surface area (Å²) in [5.41, 5.74) is 1.11. The van der Waals surface area contributed by atoms with Crippen LogP contribution in [0.4, 0.5) is 0 Å². The van der Waals surface area contributed by atoms with Crippen LogP contribution in [0.25, 0.3) is 0 Å². The maximum Gasteiger partial charge on any atom is 0.307 e. The van der Waals surface area contributed by atoms with Crippen molar-refractivity contribution < 1.29 is 28.9 Å². The number of benzene rings is 1. The van der Waals surface area contributed by atoms with E-state index in [0.717, 1.165) is 5.56 Å². The van der Waals surface area contributed by atoms with Crippen molar-refractivity contribution in [2.75, 3.05) is 46.1 Å². The molecule has 1 aromatic carbocycles. The van der Waals surface area contributed by atoms with Gasteiger partial charge in [-0.05, 0) is 26.0 Å². The van der Waals surface area contributed by atoms with Gasteiger partial charge in [-0.1, -0.05) is 17.7 Å². The van der Waals surface area contributed by atoms with Gasteiger partial charge in [-0.3, -0.25) is 9.59 Å². The fourth-order valence-corrected chi connectivity index (χ4v) is 2.03. The number of nitrogens with zero attached hydrogens (tertiary/aromatic N) is 1. The third-order valence-electron chi connectivity index (χ3n) is 3.37. The molecule has 1 aromatic rings. The molecule has 1 N–H and O–H groups in total. The van der Waals surface area contributed by atoms with Crippen LogP contribution in [0.3, 0.4) is 0 Å². The fraction of sp³-hybridized carbons (Fsp3) is 0.556. The van der Waals surface area contributed by atoms with Crippen LogP contribution in [0.15, 0.2) is 24.3 Å². The normalized spacial score (nSPS) is 10.4. The molecule has 7 heteroatoms. The largest absolute Gasteiger partial charge is 0.484 e. The topological polar surface area (TPSA) is 85.3 Å². The van der Waals surface area contributed by atoms with Gasteiger partial charge in [0.15, 0.2) is 6.61 Å². The average molecular weight is 353 g/mol. The standard InChI is InChI=1S/C18H27NO6/c1-3-24-18(22)8-9-19(10-12-23-13-11-20)17(21)14-25-16-6-4-15(2)5-7-16/h4-7,20H,3,8-14H2,1-2H3. The van der Waals surface area contributed by atoms with E-state index in [1.807, 2.05) is 19.1 Å². The van der Waals surface area contributed by atoms with Crippen LogP contribution in [0.1, 0.15) is 18.9 Å². The van der Waals surface area contributed by atoms with E-state index in [1.54, 1.807) is 19.1 Å². The van der Waals surface area contributed by atoms with Crippen molar-refractivity contribution in [3.05, 3.63) is 29.8 Å². The molecule has 0 aromatic heterocycles. The van der Waals surface area contributed by atoms with Crippen molar-refractivity contribution in [3.63, 3.8) is 0 Å². The third kappa shape index (κ3) is 9.07. The van der Waals surface area contributed by atoms with Crippen molar-refractivity contribution in [1.29, 1.82) is 0 Å². The number of ether oxygens (including phenoxy) is 3. The first kappa shape index (κ1) is 20.9. The molecule has 0 aliphatic rings. The van der Waals surface area contributed by atoms with Crippen molar-refractivity contribution in [3.8, 4) is 5.75 Å². The first-order valence-corrected chi connectivity index (χ1v) is 8.38. The SMILES string of the molecule is CCOC(=O)CCN(CCOCCO)C(=O)COc1ccc(C)cc1. The number of amides is 1. The number of carbonyl (C=O) groups is 2. The third-order valence-corrected chi connectivity index (χ3v) is 3.37. The minimum Gasteiger partial charge on any atom is -0.484 e. The van der Waals surface area contributed by atoms with Gasteiger partial charge in [0.1, 0.15) is 5.75 Å². The van der Waals surface area contributed by atoms with Gasteiger partial charge in [0.2, 0.25) is 0 Å². The highest BCUT2D eigenvalue weighted by Gasteiger charge is 2.16. The molecule has 0 saturated carbocycles. The first-order chi connectivity index (χ1) is 12.1. The Hall–Kier alpha value is -2.12. The van der Waals surface area contributed by atoms with Crippen LogP contribution in [-0.2, 0) is 19.1 Å². The molecular weight excluding hydrogens is 326 g/mol. The van der Waals surface area contributed by atoms with E-state index in [0.29, 0.717) is 18.9 Å². The molecule has 1 rings (SSSR count). The molecule has 0 unspecified atom stereocenters. The lowest BCUT2D eigenvalue weighted by molar-refractivity contribution is -0.144. The Balaban J connectivity index is 2.50. The van der Waals surface area contributed by atoms with Gasteiger partial charge in [-0.15, -0.1) is 0 Å². The Kier molecular flexibility index (Phi) is 10.3. The van der Waals surface area contributed by atoms with Crippen molar-refractivity contribution in [2.45, 2.75) is 20.3 Å². The molecule has 0 saturated heterocycles. The van der Waals surface area contributed by atoms with Gasteiger partial charge in [-0.2, -0.15) is 0 Å². The quantitative estimate of drug-likeness (QED) is 0.448. The second-order valence-electron chi connectivity index (χ2n) is 5.37. The smallest absolute Gasteiger partial charge is 0.307 e. The predicted molar refractivity (Wildman–Crippen MR) is 92.4 cm³/mol. The Labute approximate surface area is 148 Å². The zero-order valence-corrected chi connectivity index (χ0v) is 14.9. The number of aliphatic hydroxyl groups is 1. The lowest BCUT2D eigenvalue weighted by Crippen LogP contribution is -2.39. The maximum atomic E-state index is 12.4. The molecule has 0 atom stereocenters. The Morgan fingerprint density at radius 1 is 1.12 bits per heavy atom. The minimum absolute atomic E-state index is 0.0761. The van der Waals surface area contributed by atoms with Gasteiger partial charge in [0, 0.05) is 13.1 Å². The highest BCUT2D eigenvalue weighted by Crippen LogP contribution is 2.11. The molecule has 0 aliphatic carbocycles. The van der Waals surface area contributed by atoms with E-state index in [-0.39, 0.29) is 51.3 Å². The summed E-state index contributed by atoms with van der Waals surface area (Å²) in [4.78, 5) is 25.4. The molecule has 140 valence electrons. The number of hydrogen-bond acceptors (Lipinski definition) is 6. The Morgan fingerprint density at radius 2 is 1.84 bits per heavy atom. The molecule has 0 bridgehead atoms. The molecule has 0 heterocycles. The van der Waals surface area contributed by atoms with E-state index in [4.69, 9.17) is 19.3 Å². The average Bonchev–Trinajstić information content (AvgIpc) is 2.60. The second kappa shape index (κ2) is 12.3. The van der Waals surface area contributed by atoms with Crippen LogP contribution in [0, 0.1) is 6.92 Å². The monoisotopic (exact) mass is 353 g/mol. The van der Waals surface area contributed by atoms with Gasteiger partial charge in [-0.25, -0.2) is 0 Å². The van der Waals surface area contributed by atoms with Crippen LogP contribution < -0.4 is 4.74 Å². The van der Waals surface area contributed by atoms with E-state index >= 15 is 0 Å². The summed E-state index contributed by atoms with van der Waals surface area (Å²) in [7, 11) is 0. The zero-order chi connectivity index (χ0) is 18.5. The lowest BCUT2D eigenvalue weighted by Gasteiger charge is -2.22. The molecule has 0 aliphatic heterocycles. The molecule has 7 nitrogen and oxygen atoms in total. The molecule has 0 fully saturated rings. The van der Waals surface area contributed by atoms with Crippen LogP contribution in [0.5, 0.6) is 5.75 Å². The Morgan fingerprint density at radius 3 is 2.48 bits per heavy atom. The lowest BCUT2D eigenvalue weighted by atomic mass is 10.2. The summed E-state index contributed by atoms with van der Waals surface area (Å²) in [5.74, 6) is 0.0225. The highest BCUT2D eigenvalue weighted by molar-refractivity contribution is 5.78. The van der Waals surface area contributed by atoms with E-state index < -0.39 is 0 Å². The highest BCUT2D eigenvalue weighted by atomic mass is 16.5. The van der Waals surface area contributed by atoms with Crippen molar-refractivity contribution >= 4 is 11.9 Å². The van der Waals surface area contributed by atoms with E-state index in [9.17, 15) is 9.59 Å². The Bertz CT molecular complexity index is 517. The zero-order valence-electron chi connectivity index (χ0n) is 14.9. The van der Waals surface area contributed by atoms with Gasteiger partial charge < -0.3 is 24.2 Å². The molecule has 0 spiro atoms. The minimum atomic E-state index is -0.351. The van der Waals surface area contributed by atoms with E-state index in [1.165, 1.54) is 4.90 Å². The summed E-state index contributed by atoms with van der Waals surface area (Å²) in [6, 6.07) is 7.41. The number of aliphatic hydroxyl groups excluding tert-OH is 1. The van der Waals surface area contributed by atoms with Gasteiger partial charge >= 0.3 is 5.97 Å². The summed E-state index contributed by atoms with van der Waals surface area (Å²) in [6.45, 7) is 4.85. The van der Waals surface area contributed by atoms with Crippen LogP contribution in [-0.4, -0.2) is 68.0 Å². The van der Waals surface area contributed by atoms with Gasteiger partial charge in [0.25, 0.3) is 5.91 Å². The summed E-state index contributed by atoms with van der Waals surface area (Å²) >= 11 is 0. The predicted octanol–water partition coefficient (Wildman–Crippen LogP) is 1.16. The fourth-order valence-electron chi connectivity index (χ4n) is 2.03. The van der Waals surface area contributed by atoms with E-state index in [2.05, 4.69) is 0 Å². The maximum absolute atomic E-state index is 12.4. The second-order valence-corrected chi connectivity index (χ2v) is 5.37. The number of hydrogen-bond donors (Lipinski definition) is 1.